The number of morpholine rings is 1. The van der Waals surface area contributed by atoms with Crippen LogP contribution in [0.15, 0.2) is 42.9 Å². The van der Waals surface area contributed by atoms with E-state index in [0.717, 1.165) is 12.8 Å². The number of ketones is 1. The minimum atomic E-state index is -0.401. The van der Waals surface area contributed by atoms with Crippen LogP contribution in [0.3, 0.4) is 0 Å². The van der Waals surface area contributed by atoms with Gasteiger partial charge in [-0.1, -0.05) is 18.2 Å². The minimum Gasteiger partial charge on any atom is -0.378 e. The number of nitrogens with two attached hydrogens (primary N) is 1. The number of Topliss-reactive ketones (excluding diaryl/α,β-unsaturated/α-hetero) is 1. The lowest BCUT2D eigenvalue weighted by atomic mass is 9.99. The van der Waals surface area contributed by atoms with Gasteiger partial charge in [0.2, 0.25) is 5.95 Å². The average molecular weight is 486 g/mol. The predicted octanol–water partition coefficient (Wildman–Crippen LogP) is 3.23. The Labute approximate surface area is 206 Å². The van der Waals surface area contributed by atoms with Gasteiger partial charge in [-0.2, -0.15) is 0 Å². The third-order valence-corrected chi connectivity index (χ3v) is 6.55. The van der Waals surface area contributed by atoms with E-state index in [2.05, 4.69) is 19.9 Å². The van der Waals surface area contributed by atoms with Crippen LogP contribution in [0, 0.1) is 11.7 Å². The molecule has 1 saturated carbocycles. The van der Waals surface area contributed by atoms with Crippen LogP contribution in [-0.4, -0.2) is 57.0 Å². The minimum absolute atomic E-state index is 0.0847. The Hall–Kier alpha value is -4.05. The largest absolute Gasteiger partial charge is 0.378 e. The second kappa shape index (κ2) is 9.19. The highest BCUT2D eigenvalue weighted by molar-refractivity contribution is 5.90. The molecule has 1 aliphatic carbocycles. The van der Waals surface area contributed by atoms with Crippen LogP contribution in [0.5, 0.6) is 0 Å². The van der Waals surface area contributed by atoms with Crippen molar-refractivity contribution in [3.8, 4) is 22.5 Å². The Morgan fingerprint density at radius 3 is 2.56 bits per heavy atom. The Morgan fingerprint density at radius 1 is 1.06 bits per heavy atom. The molecule has 10 heteroatoms. The van der Waals surface area contributed by atoms with E-state index in [4.69, 9.17) is 20.4 Å². The van der Waals surface area contributed by atoms with Gasteiger partial charge in [0.25, 0.3) is 0 Å². The van der Waals surface area contributed by atoms with Gasteiger partial charge >= 0.3 is 0 Å². The molecule has 2 N–H and O–H groups in total. The summed E-state index contributed by atoms with van der Waals surface area (Å²) < 4.78 is 21.0. The van der Waals surface area contributed by atoms with Crippen molar-refractivity contribution in [3.63, 3.8) is 0 Å². The van der Waals surface area contributed by atoms with Gasteiger partial charge < -0.3 is 15.4 Å². The first-order chi connectivity index (χ1) is 17.6. The number of halogens is 1. The number of fused-ring (bicyclic) bond motifs is 1. The maximum Gasteiger partial charge on any atom is 0.219 e. The van der Waals surface area contributed by atoms with Crippen molar-refractivity contribution in [1.82, 2.24) is 24.9 Å². The average Bonchev–Trinajstić information content (AvgIpc) is 3.76. The number of anilines is 2. The topological polar surface area (TPSA) is 120 Å². The normalized spacial score (nSPS) is 15.9. The number of ether oxygens (including phenoxy) is 1. The summed E-state index contributed by atoms with van der Waals surface area (Å²) in [7, 11) is 0. The highest BCUT2D eigenvalue weighted by Gasteiger charge is 2.30. The fourth-order valence-corrected chi connectivity index (χ4v) is 4.41. The summed E-state index contributed by atoms with van der Waals surface area (Å²) in [5.41, 5.74) is 8.80. The number of nitrogen functional groups attached to an aromatic ring is 1. The van der Waals surface area contributed by atoms with E-state index in [1.165, 1.54) is 0 Å². The first-order valence-electron chi connectivity index (χ1n) is 12.0. The Balaban J connectivity index is 1.45. The van der Waals surface area contributed by atoms with Gasteiger partial charge in [-0.3, -0.25) is 9.78 Å². The van der Waals surface area contributed by atoms with Crippen LogP contribution in [-0.2, 0) is 16.0 Å². The van der Waals surface area contributed by atoms with Crippen LogP contribution in [0.1, 0.15) is 18.4 Å². The van der Waals surface area contributed by atoms with Crippen molar-refractivity contribution in [2.24, 2.45) is 5.92 Å². The molecular formula is C26H24FN7O2. The third kappa shape index (κ3) is 4.35. The molecule has 6 rings (SSSR count). The van der Waals surface area contributed by atoms with E-state index in [-0.39, 0.29) is 24.1 Å². The highest BCUT2D eigenvalue weighted by atomic mass is 19.1. The monoisotopic (exact) mass is 485 g/mol. The number of carbonyl (C=O) groups excluding carboxylic acids is 1. The van der Waals surface area contributed by atoms with Crippen molar-refractivity contribution in [2.75, 3.05) is 36.9 Å². The lowest BCUT2D eigenvalue weighted by Crippen LogP contribution is -2.37. The van der Waals surface area contributed by atoms with E-state index >= 15 is 4.39 Å². The molecule has 1 saturated heterocycles. The van der Waals surface area contributed by atoms with Crippen molar-refractivity contribution in [2.45, 2.75) is 19.3 Å². The Morgan fingerprint density at radius 2 is 1.81 bits per heavy atom. The number of carbonyl (C=O) groups is 1. The first-order valence-corrected chi connectivity index (χ1v) is 12.0. The maximum atomic E-state index is 15.5. The zero-order valence-electron chi connectivity index (χ0n) is 19.5. The van der Waals surface area contributed by atoms with Gasteiger partial charge in [-0.05, 0) is 24.5 Å². The molecule has 0 atom stereocenters. The summed E-state index contributed by atoms with van der Waals surface area (Å²) in [5.74, 6) is 1.04. The van der Waals surface area contributed by atoms with Gasteiger partial charge in [-0.25, -0.2) is 24.3 Å². The van der Waals surface area contributed by atoms with Gasteiger partial charge in [0.05, 0.1) is 24.3 Å². The van der Waals surface area contributed by atoms with E-state index in [1.807, 2.05) is 0 Å². The van der Waals surface area contributed by atoms with E-state index in [0.29, 0.717) is 71.2 Å². The van der Waals surface area contributed by atoms with Gasteiger partial charge in [0.1, 0.15) is 17.1 Å². The smallest absolute Gasteiger partial charge is 0.219 e. The molecule has 1 aliphatic heterocycles. The molecule has 0 unspecified atom stereocenters. The summed E-state index contributed by atoms with van der Waals surface area (Å²) in [4.78, 5) is 36.7. The second-order valence-corrected chi connectivity index (χ2v) is 9.09. The van der Waals surface area contributed by atoms with Crippen LogP contribution >= 0.6 is 0 Å². The molecule has 0 spiro atoms. The molecule has 9 nitrogen and oxygen atoms in total. The highest BCUT2D eigenvalue weighted by Crippen LogP contribution is 2.34. The number of pyridine rings is 1. The quantitative estimate of drug-likeness (QED) is 0.439. The third-order valence-electron chi connectivity index (χ3n) is 6.55. The molecule has 3 aromatic heterocycles. The molecule has 4 heterocycles. The maximum absolute atomic E-state index is 15.5. The summed E-state index contributed by atoms with van der Waals surface area (Å²) in [6, 6.07) is 6.95. The molecule has 36 heavy (non-hydrogen) atoms. The van der Waals surface area contributed by atoms with Crippen LogP contribution in [0.2, 0.25) is 0 Å². The molecule has 4 aromatic rings. The molecule has 2 aliphatic rings. The molecule has 0 amide bonds. The van der Waals surface area contributed by atoms with Gasteiger partial charge in [0, 0.05) is 55.1 Å². The molecule has 2 fully saturated rings. The van der Waals surface area contributed by atoms with Crippen molar-refractivity contribution in [1.29, 1.82) is 0 Å². The lowest BCUT2D eigenvalue weighted by Gasteiger charge is -2.28. The summed E-state index contributed by atoms with van der Waals surface area (Å²) in [6.07, 6.45) is 6.69. The van der Waals surface area contributed by atoms with Crippen molar-refractivity contribution in [3.05, 3.63) is 54.2 Å². The fraction of sp³-hybridized carbons (Fsp3) is 0.308. The van der Waals surface area contributed by atoms with Crippen LogP contribution in [0.4, 0.5) is 16.2 Å². The van der Waals surface area contributed by atoms with E-state index in [1.54, 1.807) is 42.9 Å². The van der Waals surface area contributed by atoms with Crippen LogP contribution < -0.4 is 10.6 Å². The number of rotatable bonds is 6. The Bertz CT molecular complexity index is 1450. The standard InChI is InChI=1S/C26H24FN7O2/c27-22-16(11-21(35)15-4-5-15)2-1-3-19(22)17-10-20-23(29-12-17)25(34-6-8-36-9-7-34)33-24(32-20)18-13-30-26(28)31-14-18/h1-3,10,12-15H,4-9,11H2,(H2,28,30,31). The molecule has 1 aromatic carbocycles. The predicted molar refractivity (Wildman–Crippen MR) is 133 cm³/mol. The SMILES string of the molecule is Nc1ncc(-c2nc(N3CCOCC3)c3ncc(-c4cccc(CC(=O)C5CC5)c4F)cc3n2)cn1. The summed E-state index contributed by atoms with van der Waals surface area (Å²) >= 11 is 0. The first kappa shape index (κ1) is 22.4. The van der Waals surface area contributed by atoms with Gasteiger partial charge in [-0.15, -0.1) is 0 Å². The van der Waals surface area contributed by atoms with Gasteiger partial charge in [0.15, 0.2) is 11.6 Å². The zero-order valence-corrected chi connectivity index (χ0v) is 19.5. The van der Waals surface area contributed by atoms with Crippen molar-refractivity contribution >= 4 is 28.6 Å². The van der Waals surface area contributed by atoms with Crippen LogP contribution in [0.25, 0.3) is 33.5 Å². The fourth-order valence-electron chi connectivity index (χ4n) is 4.41. The number of aromatic nitrogens is 5. The summed E-state index contributed by atoms with van der Waals surface area (Å²) in [5, 5.41) is 0. The number of benzene rings is 1. The molecular weight excluding hydrogens is 461 g/mol. The molecule has 182 valence electrons. The number of hydrogen-bond acceptors (Lipinski definition) is 9. The Kier molecular flexibility index (Phi) is 5.73. The summed E-state index contributed by atoms with van der Waals surface area (Å²) in [6.45, 7) is 2.50. The lowest BCUT2D eigenvalue weighted by molar-refractivity contribution is -0.119. The van der Waals surface area contributed by atoms with E-state index in [9.17, 15) is 4.79 Å². The zero-order chi connectivity index (χ0) is 24.6. The molecule has 0 bridgehead atoms. The number of hydrogen-bond donors (Lipinski definition) is 1. The molecule has 0 radical (unpaired) electrons. The second-order valence-electron chi connectivity index (χ2n) is 9.09. The number of nitrogens with zero attached hydrogens (tertiary/aromatic N) is 6. The van der Waals surface area contributed by atoms with Crippen molar-refractivity contribution < 1.29 is 13.9 Å². The van der Waals surface area contributed by atoms with E-state index < -0.39 is 5.82 Å².